The standard InChI is InChI=1S/C13H36O6Si5/c1-13-23(14-2,15-3)19-24(16-20(4,5)6,17-21(7,8)9)18-22(10,11)12/h13H,1H2,2-12H3. The minimum absolute atomic E-state index is 1.55. The second kappa shape index (κ2) is 8.52. The summed E-state index contributed by atoms with van der Waals surface area (Å²) >= 11 is 0. The van der Waals surface area contributed by atoms with Gasteiger partial charge >= 0.3 is 17.9 Å². The molecule has 0 radical (unpaired) electrons. The summed E-state index contributed by atoms with van der Waals surface area (Å²) in [6, 6.07) is 0. The van der Waals surface area contributed by atoms with Gasteiger partial charge in [-0.15, -0.1) is 0 Å². The van der Waals surface area contributed by atoms with Gasteiger partial charge in [-0.1, -0.05) is 6.58 Å². The van der Waals surface area contributed by atoms with E-state index in [4.69, 9.17) is 25.3 Å². The maximum Gasteiger partial charge on any atom is 0.640 e. The van der Waals surface area contributed by atoms with Crippen molar-refractivity contribution < 1.29 is 25.3 Å². The monoisotopic (exact) mass is 428 g/mol. The molecule has 0 bridgehead atoms. The Bertz CT molecular complexity index is 368. The second-order valence-electron chi connectivity index (χ2n) is 8.46. The summed E-state index contributed by atoms with van der Waals surface area (Å²) in [5, 5.41) is 0. The Kier molecular flexibility index (Phi) is 8.72. The Hall–Kier alpha value is 0.584. The lowest BCUT2D eigenvalue weighted by Crippen LogP contribution is -2.67. The van der Waals surface area contributed by atoms with Crippen molar-refractivity contribution in [1.82, 2.24) is 0 Å². The maximum atomic E-state index is 6.45. The molecule has 0 aromatic rings. The van der Waals surface area contributed by atoms with Crippen LogP contribution in [0.4, 0.5) is 0 Å². The van der Waals surface area contributed by atoms with Gasteiger partial charge in [0.2, 0.25) is 0 Å². The molecule has 144 valence electrons. The Labute approximate surface area is 153 Å². The molecule has 6 nitrogen and oxygen atoms in total. The molecule has 0 aromatic carbocycles. The van der Waals surface area contributed by atoms with E-state index < -0.39 is 42.8 Å². The van der Waals surface area contributed by atoms with Crippen molar-refractivity contribution >= 4 is 42.8 Å². The van der Waals surface area contributed by atoms with E-state index in [-0.39, 0.29) is 0 Å². The molecule has 0 fully saturated rings. The molecule has 0 spiro atoms. The molecule has 0 aliphatic carbocycles. The summed E-state index contributed by atoms with van der Waals surface area (Å²) in [6.45, 7) is 22.7. The molecule has 11 heteroatoms. The van der Waals surface area contributed by atoms with Crippen LogP contribution < -0.4 is 0 Å². The highest BCUT2D eigenvalue weighted by Gasteiger charge is 2.59. The van der Waals surface area contributed by atoms with Crippen molar-refractivity contribution in [1.29, 1.82) is 0 Å². The zero-order valence-corrected chi connectivity index (χ0v) is 22.2. The Morgan fingerprint density at radius 2 is 0.875 bits per heavy atom. The van der Waals surface area contributed by atoms with Gasteiger partial charge in [0.05, 0.1) is 0 Å². The van der Waals surface area contributed by atoms with Gasteiger partial charge in [-0.3, -0.25) is 0 Å². The van der Waals surface area contributed by atoms with E-state index >= 15 is 0 Å². The van der Waals surface area contributed by atoms with Crippen molar-refractivity contribution in [3.8, 4) is 0 Å². The first-order chi connectivity index (χ1) is 10.5. The first-order valence-corrected chi connectivity index (χ1v) is 21.7. The van der Waals surface area contributed by atoms with Gasteiger partial charge in [-0.2, -0.15) is 0 Å². The van der Waals surface area contributed by atoms with Crippen LogP contribution in [0, 0.1) is 0 Å². The molecule has 0 atom stereocenters. The van der Waals surface area contributed by atoms with Crippen LogP contribution >= 0.6 is 0 Å². The second-order valence-corrected chi connectivity index (χ2v) is 27.8. The third-order valence-corrected chi connectivity index (χ3v) is 16.5. The fraction of sp³-hybridized carbons (Fsp3) is 0.846. The first kappa shape index (κ1) is 24.6. The normalized spacial score (nSPS) is 14.8. The van der Waals surface area contributed by atoms with Gasteiger partial charge in [0.1, 0.15) is 0 Å². The lowest BCUT2D eigenvalue weighted by Gasteiger charge is -2.43. The van der Waals surface area contributed by atoms with Crippen LogP contribution in [-0.4, -0.2) is 57.0 Å². The summed E-state index contributed by atoms with van der Waals surface area (Å²) in [4.78, 5) is 0. The van der Waals surface area contributed by atoms with Crippen LogP contribution in [0.2, 0.25) is 58.9 Å². The molecule has 0 unspecified atom stereocenters. The lowest BCUT2D eigenvalue weighted by molar-refractivity contribution is 0.0852. The summed E-state index contributed by atoms with van der Waals surface area (Å²) in [7, 11) is -9.58. The van der Waals surface area contributed by atoms with E-state index in [1.165, 1.54) is 0 Å². The lowest BCUT2D eigenvalue weighted by atomic mass is 11.3. The van der Waals surface area contributed by atoms with E-state index in [0.29, 0.717) is 0 Å². The molecular formula is C13H36O6Si5. The summed E-state index contributed by atoms with van der Waals surface area (Å²) in [6.07, 6.45) is 0. The SMILES string of the molecule is C=C[Si](OC)(OC)O[Si](O[Si](C)(C)C)(O[Si](C)(C)C)O[Si](C)(C)C. The highest BCUT2D eigenvalue weighted by molar-refractivity contribution is 6.90. The summed E-state index contributed by atoms with van der Waals surface area (Å²) in [5.74, 6) is 0. The molecule has 0 rings (SSSR count). The molecule has 0 aromatic heterocycles. The molecule has 0 amide bonds. The van der Waals surface area contributed by atoms with Gasteiger partial charge in [-0.05, 0) is 64.6 Å². The topological polar surface area (TPSA) is 55.4 Å². The average molecular weight is 429 g/mol. The van der Waals surface area contributed by atoms with Gasteiger partial charge < -0.3 is 25.3 Å². The van der Waals surface area contributed by atoms with E-state index in [9.17, 15) is 0 Å². The van der Waals surface area contributed by atoms with Crippen LogP contribution in [0.3, 0.4) is 0 Å². The summed E-state index contributed by atoms with van der Waals surface area (Å²) in [5.41, 5.74) is 1.59. The van der Waals surface area contributed by atoms with Crippen LogP contribution in [0.5, 0.6) is 0 Å². The van der Waals surface area contributed by atoms with Gasteiger partial charge in [0.25, 0.3) is 0 Å². The van der Waals surface area contributed by atoms with Gasteiger partial charge in [0, 0.05) is 14.2 Å². The number of rotatable bonds is 11. The molecule has 0 aliphatic heterocycles. The Morgan fingerprint density at radius 3 is 1.04 bits per heavy atom. The zero-order chi connectivity index (χ0) is 19.4. The maximum absolute atomic E-state index is 6.45. The smallest absolute Gasteiger partial charge is 0.396 e. The largest absolute Gasteiger partial charge is 0.640 e. The van der Waals surface area contributed by atoms with Crippen molar-refractivity contribution in [2.75, 3.05) is 14.2 Å². The highest BCUT2D eigenvalue weighted by atomic mass is 28.5. The van der Waals surface area contributed by atoms with Crippen molar-refractivity contribution in [3.63, 3.8) is 0 Å². The summed E-state index contributed by atoms with van der Waals surface area (Å²) < 4.78 is 36.8. The molecule has 0 saturated carbocycles. The van der Waals surface area contributed by atoms with Crippen LogP contribution in [-0.2, 0) is 25.3 Å². The van der Waals surface area contributed by atoms with Crippen LogP contribution in [0.25, 0.3) is 0 Å². The average Bonchev–Trinajstić information content (AvgIpc) is 2.29. The highest BCUT2D eigenvalue weighted by Crippen LogP contribution is 2.30. The molecular weight excluding hydrogens is 393 g/mol. The van der Waals surface area contributed by atoms with Crippen LogP contribution in [0.1, 0.15) is 0 Å². The molecule has 0 N–H and O–H groups in total. The minimum atomic E-state index is -3.47. The van der Waals surface area contributed by atoms with Crippen LogP contribution in [0.15, 0.2) is 12.3 Å². The van der Waals surface area contributed by atoms with Crippen molar-refractivity contribution in [3.05, 3.63) is 12.3 Å². The van der Waals surface area contributed by atoms with Gasteiger partial charge in [0.15, 0.2) is 25.0 Å². The first-order valence-electron chi connectivity index (χ1n) is 8.05. The van der Waals surface area contributed by atoms with E-state index in [1.807, 2.05) is 0 Å². The predicted molar refractivity (Wildman–Crippen MR) is 110 cm³/mol. The zero-order valence-electron chi connectivity index (χ0n) is 17.2. The third-order valence-electron chi connectivity index (χ3n) is 2.38. The quantitative estimate of drug-likeness (QED) is 0.464. The molecule has 24 heavy (non-hydrogen) atoms. The molecule has 0 aliphatic rings. The predicted octanol–water partition coefficient (Wildman–Crippen LogP) is 3.95. The van der Waals surface area contributed by atoms with Gasteiger partial charge in [-0.25, -0.2) is 0 Å². The Morgan fingerprint density at radius 1 is 0.583 bits per heavy atom. The number of hydrogen-bond donors (Lipinski definition) is 0. The van der Waals surface area contributed by atoms with E-state index in [0.717, 1.165) is 0 Å². The van der Waals surface area contributed by atoms with E-state index in [1.54, 1.807) is 19.9 Å². The van der Waals surface area contributed by atoms with Crippen molar-refractivity contribution in [2.24, 2.45) is 0 Å². The fourth-order valence-corrected chi connectivity index (χ4v) is 16.9. The molecule has 0 heterocycles. The molecule has 0 saturated heterocycles. The third kappa shape index (κ3) is 9.33. The number of hydrogen-bond acceptors (Lipinski definition) is 6. The Balaban J connectivity index is 6.09. The van der Waals surface area contributed by atoms with E-state index in [2.05, 4.69) is 65.5 Å². The fourth-order valence-electron chi connectivity index (χ4n) is 1.80. The van der Waals surface area contributed by atoms with Crippen molar-refractivity contribution in [2.45, 2.75) is 58.9 Å². The minimum Gasteiger partial charge on any atom is -0.396 e.